The highest BCUT2D eigenvalue weighted by atomic mass is 16.7. The molecular weight excluding hydrogens is 298 g/mol. The molecule has 3 aromatic rings. The summed E-state index contributed by atoms with van der Waals surface area (Å²) in [5, 5.41) is 6.57. The Morgan fingerprint density at radius 2 is 2.04 bits per heavy atom. The molecule has 0 fully saturated rings. The van der Waals surface area contributed by atoms with Gasteiger partial charge in [0.25, 0.3) is 5.91 Å². The normalized spacial score (nSPS) is 12.2. The van der Waals surface area contributed by atoms with Crippen molar-refractivity contribution in [2.45, 2.75) is 0 Å². The Hall–Kier alpha value is -3.35. The number of carbonyl (C=O) groups excluding carboxylic acids is 1. The predicted molar refractivity (Wildman–Crippen MR) is 80.3 cm³/mol. The number of nitrogens with zero attached hydrogens (tertiary/aromatic N) is 2. The highest BCUT2D eigenvalue weighted by molar-refractivity contribution is 6.04. The van der Waals surface area contributed by atoms with Gasteiger partial charge in [-0.15, -0.1) is 0 Å². The fourth-order valence-corrected chi connectivity index (χ4v) is 2.21. The first-order chi connectivity index (χ1) is 11.3. The molecule has 0 spiro atoms. The molecule has 1 N–H and O–H groups in total. The van der Waals surface area contributed by atoms with Gasteiger partial charge in [-0.05, 0) is 30.3 Å². The molecule has 2 aromatic heterocycles. The lowest BCUT2D eigenvalue weighted by atomic mass is 10.2. The van der Waals surface area contributed by atoms with Crippen LogP contribution in [0.1, 0.15) is 10.4 Å². The van der Waals surface area contributed by atoms with Crippen LogP contribution in [-0.4, -0.2) is 22.8 Å². The number of fused-ring (bicyclic) bond motifs is 1. The minimum Gasteiger partial charge on any atom is -0.454 e. The van der Waals surface area contributed by atoms with Crippen LogP contribution in [0.2, 0.25) is 0 Å². The largest absolute Gasteiger partial charge is 0.454 e. The van der Waals surface area contributed by atoms with Crippen LogP contribution in [0.5, 0.6) is 11.5 Å². The highest BCUT2D eigenvalue weighted by Gasteiger charge is 2.17. The summed E-state index contributed by atoms with van der Waals surface area (Å²) in [6.07, 6.45) is 3.34. The molecule has 0 saturated carbocycles. The van der Waals surface area contributed by atoms with Crippen molar-refractivity contribution < 1.29 is 18.8 Å². The highest BCUT2D eigenvalue weighted by Crippen LogP contribution is 2.32. The van der Waals surface area contributed by atoms with E-state index in [2.05, 4.69) is 15.5 Å². The van der Waals surface area contributed by atoms with E-state index in [4.69, 9.17) is 14.0 Å². The van der Waals surface area contributed by atoms with Crippen LogP contribution >= 0.6 is 0 Å². The molecule has 0 unspecified atom stereocenters. The quantitative estimate of drug-likeness (QED) is 0.800. The average molecular weight is 309 g/mol. The van der Waals surface area contributed by atoms with E-state index in [0.717, 1.165) is 5.56 Å². The number of pyridine rings is 1. The maximum absolute atomic E-state index is 12.3. The second kappa shape index (κ2) is 5.45. The van der Waals surface area contributed by atoms with E-state index in [-0.39, 0.29) is 18.6 Å². The smallest absolute Gasteiger partial charge is 0.258 e. The van der Waals surface area contributed by atoms with Crippen molar-refractivity contribution in [1.82, 2.24) is 10.1 Å². The zero-order valence-electron chi connectivity index (χ0n) is 11.9. The maximum Gasteiger partial charge on any atom is 0.258 e. The topological polar surface area (TPSA) is 86.5 Å². The molecule has 0 bridgehead atoms. The lowest BCUT2D eigenvalue weighted by Crippen LogP contribution is -2.11. The van der Waals surface area contributed by atoms with Gasteiger partial charge in [-0.1, -0.05) is 5.16 Å². The van der Waals surface area contributed by atoms with Crippen molar-refractivity contribution in [3.8, 4) is 22.8 Å². The molecule has 0 aliphatic carbocycles. The van der Waals surface area contributed by atoms with Crippen molar-refractivity contribution in [2.24, 2.45) is 0 Å². The van der Waals surface area contributed by atoms with Crippen molar-refractivity contribution in [1.29, 1.82) is 0 Å². The fourth-order valence-electron chi connectivity index (χ4n) is 2.21. The standard InChI is InChI=1S/C16H11N3O4/c20-16(10-3-4-13-14(6-10)22-9-21-13)18-15-7-12(19-23-15)11-2-1-5-17-8-11/h1-8H,9H2,(H,18,20). The van der Waals surface area contributed by atoms with Gasteiger partial charge < -0.3 is 14.0 Å². The second-order valence-corrected chi connectivity index (χ2v) is 4.84. The van der Waals surface area contributed by atoms with Gasteiger partial charge in [-0.25, -0.2) is 0 Å². The van der Waals surface area contributed by atoms with E-state index in [1.165, 1.54) is 0 Å². The number of hydrogen-bond donors (Lipinski definition) is 1. The first kappa shape index (κ1) is 13.3. The van der Waals surface area contributed by atoms with E-state index in [9.17, 15) is 4.79 Å². The minimum atomic E-state index is -0.322. The summed E-state index contributed by atoms with van der Waals surface area (Å²) in [4.78, 5) is 16.3. The Morgan fingerprint density at radius 3 is 2.91 bits per heavy atom. The Morgan fingerprint density at radius 1 is 1.13 bits per heavy atom. The number of aromatic nitrogens is 2. The van der Waals surface area contributed by atoms with Crippen LogP contribution in [0.25, 0.3) is 11.3 Å². The summed E-state index contributed by atoms with van der Waals surface area (Å²) >= 11 is 0. The summed E-state index contributed by atoms with van der Waals surface area (Å²) in [5.41, 5.74) is 1.84. The molecule has 1 aromatic carbocycles. The third kappa shape index (κ3) is 2.59. The Balaban J connectivity index is 1.52. The molecule has 0 radical (unpaired) electrons. The second-order valence-electron chi connectivity index (χ2n) is 4.84. The lowest BCUT2D eigenvalue weighted by molar-refractivity contribution is 0.102. The molecule has 23 heavy (non-hydrogen) atoms. The molecule has 1 aliphatic heterocycles. The Kier molecular flexibility index (Phi) is 3.16. The third-order valence-corrected chi connectivity index (χ3v) is 3.34. The Labute approximate surface area is 130 Å². The molecule has 1 amide bonds. The number of anilines is 1. The van der Waals surface area contributed by atoms with Crippen molar-refractivity contribution in [3.05, 3.63) is 54.4 Å². The lowest BCUT2D eigenvalue weighted by Gasteiger charge is -2.02. The van der Waals surface area contributed by atoms with Gasteiger partial charge in [-0.2, -0.15) is 0 Å². The van der Waals surface area contributed by atoms with Crippen molar-refractivity contribution in [3.63, 3.8) is 0 Å². The molecule has 114 valence electrons. The van der Waals surface area contributed by atoms with E-state index in [1.54, 1.807) is 42.7 Å². The Bertz CT molecular complexity index is 861. The molecular formula is C16H11N3O4. The third-order valence-electron chi connectivity index (χ3n) is 3.34. The van der Waals surface area contributed by atoms with Crippen LogP contribution < -0.4 is 14.8 Å². The number of amides is 1. The van der Waals surface area contributed by atoms with Crippen LogP contribution in [0.15, 0.2) is 53.3 Å². The van der Waals surface area contributed by atoms with E-state index in [1.807, 2.05) is 6.07 Å². The zero-order valence-corrected chi connectivity index (χ0v) is 11.9. The van der Waals surface area contributed by atoms with Gasteiger partial charge in [-0.3, -0.25) is 15.1 Å². The summed E-state index contributed by atoms with van der Waals surface area (Å²) in [6.45, 7) is 0.164. The summed E-state index contributed by atoms with van der Waals surface area (Å²) in [5.74, 6) is 1.11. The fraction of sp³-hybridized carbons (Fsp3) is 0.0625. The molecule has 7 heteroatoms. The number of ether oxygens (including phenoxy) is 2. The maximum atomic E-state index is 12.3. The number of nitrogens with one attached hydrogen (secondary N) is 1. The molecule has 1 aliphatic rings. The summed E-state index contributed by atoms with van der Waals surface area (Å²) in [6, 6.07) is 10.3. The molecule has 0 saturated heterocycles. The summed E-state index contributed by atoms with van der Waals surface area (Å²) in [7, 11) is 0. The number of rotatable bonds is 3. The van der Waals surface area contributed by atoms with E-state index in [0.29, 0.717) is 22.8 Å². The predicted octanol–water partition coefficient (Wildman–Crippen LogP) is 2.72. The van der Waals surface area contributed by atoms with Gasteiger partial charge in [0.1, 0.15) is 5.69 Å². The van der Waals surface area contributed by atoms with Crippen LogP contribution in [0.3, 0.4) is 0 Å². The average Bonchev–Trinajstić information content (AvgIpc) is 3.24. The number of hydrogen-bond acceptors (Lipinski definition) is 6. The van der Waals surface area contributed by atoms with Crippen LogP contribution in [-0.2, 0) is 0 Å². The van der Waals surface area contributed by atoms with Crippen molar-refractivity contribution >= 4 is 11.8 Å². The molecule has 3 heterocycles. The molecule has 0 atom stereocenters. The number of benzene rings is 1. The molecule has 7 nitrogen and oxygen atoms in total. The van der Waals surface area contributed by atoms with Crippen LogP contribution in [0, 0.1) is 0 Å². The molecule has 4 rings (SSSR count). The van der Waals surface area contributed by atoms with Gasteiger partial charge in [0.2, 0.25) is 12.7 Å². The first-order valence-electron chi connectivity index (χ1n) is 6.88. The van der Waals surface area contributed by atoms with Crippen LogP contribution in [0.4, 0.5) is 5.88 Å². The monoisotopic (exact) mass is 309 g/mol. The van der Waals surface area contributed by atoms with Gasteiger partial charge in [0.15, 0.2) is 11.5 Å². The van der Waals surface area contributed by atoms with Gasteiger partial charge in [0, 0.05) is 29.6 Å². The van der Waals surface area contributed by atoms with E-state index >= 15 is 0 Å². The SMILES string of the molecule is O=C(Nc1cc(-c2cccnc2)no1)c1ccc2c(c1)OCO2. The first-order valence-corrected chi connectivity index (χ1v) is 6.88. The number of carbonyl (C=O) groups is 1. The minimum absolute atomic E-state index is 0.164. The van der Waals surface area contributed by atoms with Gasteiger partial charge in [0.05, 0.1) is 0 Å². The van der Waals surface area contributed by atoms with E-state index < -0.39 is 0 Å². The van der Waals surface area contributed by atoms with Gasteiger partial charge >= 0.3 is 0 Å². The van der Waals surface area contributed by atoms with Crippen molar-refractivity contribution in [2.75, 3.05) is 12.1 Å². The summed E-state index contributed by atoms with van der Waals surface area (Å²) < 4.78 is 15.6. The zero-order chi connectivity index (χ0) is 15.6.